The molecule has 1 aliphatic carbocycles. The fourth-order valence-electron chi connectivity index (χ4n) is 4.30. The zero-order chi connectivity index (χ0) is 24.8. The first-order valence-corrected chi connectivity index (χ1v) is 11.2. The van der Waals surface area contributed by atoms with Crippen LogP contribution >= 0.6 is 0 Å². The van der Waals surface area contributed by atoms with Gasteiger partial charge in [-0.3, -0.25) is 4.79 Å². The number of alkyl carbamates (subject to hydrolysis) is 1. The predicted molar refractivity (Wildman–Crippen MR) is 129 cm³/mol. The molecule has 0 saturated carbocycles. The summed E-state index contributed by atoms with van der Waals surface area (Å²) in [5.41, 5.74) is 4.85. The maximum atomic E-state index is 13.0. The van der Waals surface area contributed by atoms with Crippen LogP contribution in [-0.4, -0.2) is 49.4 Å². The molecule has 0 bridgehead atoms. The molecular weight excluding hydrogens is 448 g/mol. The molecule has 3 N–H and O–H groups in total. The van der Waals surface area contributed by atoms with Crippen LogP contribution in [0.25, 0.3) is 11.1 Å². The minimum Gasteiger partial charge on any atom is -0.480 e. The largest absolute Gasteiger partial charge is 0.480 e. The highest BCUT2D eigenvalue weighted by Crippen LogP contribution is 2.44. The molecule has 8 heteroatoms. The Morgan fingerprint density at radius 2 is 1.43 bits per heavy atom. The van der Waals surface area contributed by atoms with Crippen molar-refractivity contribution in [1.82, 2.24) is 10.6 Å². The summed E-state index contributed by atoms with van der Waals surface area (Å²) in [5.74, 6) is -2.06. The molecule has 0 heterocycles. The fraction of sp³-hybridized carbons (Fsp3) is 0.222. The van der Waals surface area contributed by atoms with E-state index in [0.717, 1.165) is 22.3 Å². The van der Waals surface area contributed by atoms with Gasteiger partial charge in [0.1, 0.15) is 12.6 Å². The number of aliphatic carboxylic acids is 1. The maximum absolute atomic E-state index is 13.0. The van der Waals surface area contributed by atoms with Crippen LogP contribution in [0.4, 0.5) is 4.79 Å². The summed E-state index contributed by atoms with van der Waals surface area (Å²) in [4.78, 5) is 37.2. The van der Waals surface area contributed by atoms with Crippen LogP contribution < -0.4 is 10.6 Å². The van der Waals surface area contributed by atoms with Gasteiger partial charge in [-0.2, -0.15) is 0 Å². The van der Waals surface area contributed by atoms with Crippen molar-refractivity contribution in [2.75, 3.05) is 20.3 Å². The number of carbonyl (C=O) groups is 3. The van der Waals surface area contributed by atoms with E-state index in [1.807, 2.05) is 48.5 Å². The minimum absolute atomic E-state index is 0.0877. The van der Waals surface area contributed by atoms with Crippen LogP contribution in [-0.2, 0) is 19.1 Å². The number of carbonyl (C=O) groups excluding carboxylic acids is 2. The Kier molecular flexibility index (Phi) is 7.42. The van der Waals surface area contributed by atoms with Gasteiger partial charge in [0.15, 0.2) is 6.04 Å². The molecule has 2 atom stereocenters. The average molecular weight is 475 g/mol. The van der Waals surface area contributed by atoms with Crippen molar-refractivity contribution in [3.8, 4) is 11.1 Å². The first-order valence-electron chi connectivity index (χ1n) is 11.2. The number of fused-ring (bicyclic) bond motifs is 3. The third-order valence-electron chi connectivity index (χ3n) is 5.95. The van der Waals surface area contributed by atoms with E-state index in [-0.39, 0.29) is 19.1 Å². The second-order valence-electron chi connectivity index (χ2n) is 8.17. The Bertz CT molecular complexity index is 1170. The summed E-state index contributed by atoms with van der Waals surface area (Å²) < 4.78 is 10.4. The molecule has 3 aromatic carbocycles. The summed E-state index contributed by atoms with van der Waals surface area (Å²) >= 11 is 0. The Balaban J connectivity index is 1.48. The van der Waals surface area contributed by atoms with E-state index >= 15 is 0 Å². The van der Waals surface area contributed by atoms with Gasteiger partial charge in [-0.05, 0) is 27.8 Å². The number of nitrogens with one attached hydrogen (secondary N) is 2. The molecule has 8 nitrogen and oxygen atoms in total. The number of amides is 2. The van der Waals surface area contributed by atoms with Crippen LogP contribution in [0.15, 0.2) is 78.9 Å². The molecule has 0 fully saturated rings. The van der Waals surface area contributed by atoms with Crippen molar-refractivity contribution in [3.63, 3.8) is 0 Å². The smallest absolute Gasteiger partial charge is 0.408 e. The van der Waals surface area contributed by atoms with Gasteiger partial charge in [-0.1, -0.05) is 78.9 Å². The molecule has 1 aliphatic rings. The second kappa shape index (κ2) is 10.8. The molecule has 2 amide bonds. The number of hydrogen-bond acceptors (Lipinski definition) is 5. The van der Waals surface area contributed by atoms with E-state index in [1.165, 1.54) is 7.11 Å². The number of hydrogen-bond donors (Lipinski definition) is 3. The van der Waals surface area contributed by atoms with Crippen LogP contribution in [0.2, 0.25) is 0 Å². The minimum atomic E-state index is -1.26. The first-order chi connectivity index (χ1) is 17.0. The molecule has 0 aliphatic heterocycles. The maximum Gasteiger partial charge on any atom is 0.408 e. The van der Waals surface area contributed by atoms with Crippen molar-refractivity contribution in [3.05, 3.63) is 95.6 Å². The summed E-state index contributed by atoms with van der Waals surface area (Å²) in [6.07, 6.45) is -0.783. The van der Waals surface area contributed by atoms with Gasteiger partial charge < -0.3 is 25.2 Å². The Morgan fingerprint density at radius 1 is 0.857 bits per heavy atom. The van der Waals surface area contributed by atoms with Gasteiger partial charge in [0.25, 0.3) is 0 Å². The lowest BCUT2D eigenvalue weighted by Crippen LogP contribution is -2.49. The summed E-state index contributed by atoms with van der Waals surface area (Å²) in [5, 5.41) is 14.3. The molecule has 35 heavy (non-hydrogen) atoms. The quantitative estimate of drug-likeness (QED) is 0.438. The van der Waals surface area contributed by atoms with Gasteiger partial charge in [0.2, 0.25) is 5.91 Å². The van der Waals surface area contributed by atoms with Gasteiger partial charge in [-0.25, -0.2) is 9.59 Å². The predicted octanol–water partition coefficient (Wildman–Crippen LogP) is 3.48. The summed E-state index contributed by atoms with van der Waals surface area (Å²) in [6.45, 7) is -0.127. The van der Waals surface area contributed by atoms with Crippen LogP contribution in [0.3, 0.4) is 0 Å². The molecule has 0 saturated heterocycles. The molecule has 0 spiro atoms. The molecule has 0 aromatic heterocycles. The first kappa shape index (κ1) is 24.0. The van der Waals surface area contributed by atoms with Crippen molar-refractivity contribution in [2.24, 2.45) is 0 Å². The Labute approximate surface area is 202 Å². The molecular formula is C27H26N2O6. The molecule has 4 rings (SSSR count). The van der Waals surface area contributed by atoms with Crippen molar-refractivity contribution in [1.29, 1.82) is 0 Å². The van der Waals surface area contributed by atoms with Gasteiger partial charge in [0, 0.05) is 13.0 Å². The van der Waals surface area contributed by atoms with E-state index in [2.05, 4.69) is 10.6 Å². The van der Waals surface area contributed by atoms with Crippen LogP contribution in [0.1, 0.15) is 28.7 Å². The Hall–Kier alpha value is -4.17. The molecule has 0 radical (unpaired) electrons. The third kappa shape index (κ3) is 5.33. The second-order valence-corrected chi connectivity index (χ2v) is 8.17. The number of carboxylic acids is 1. The normalized spacial score (nSPS) is 13.7. The molecule has 180 valence electrons. The monoisotopic (exact) mass is 474 g/mol. The number of ether oxygens (including phenoxy) is 2. The van der Waals surface area contributed by atoms with Crippen molar-refractivity contribution in [2.45, 2.75) is 18.0 Å². The lowest BCUT2D eigenvalue weighted by atomic mass is 9.98. The topological polar surface area (TPSA) is 114 Å². The summed E-state index contributed by atoms with van der Waals surface area (Å²) in [7, 11) is 1.34. The third-order valence-corrected chi connectivity index (χ3v) is 5.95. The van der Waals surface area contributed by atoms with Gasteiger partial charge >= 0.3 is 12.1 Å². The van der Waals surface area contributed by atoms with E-state index in [0.29, 0.717) is 5.56 Å². The highest BCUT2D eigenvalue weighted by atomic mass is 16.5. The van der Waals surface area contributed by atoms with E-state index in [4.69, 9.17) is 9.47 Å². The number of benzene rings is 3. The molecule has 2 unspecified atom stereocenters. The number of methoxy groups -OCH3 is 1. The van der Waals surface area contributed by atoms with E-state index in [1.54, 1.807) is 30.3 Å². The summed E-state index contributed by atoms with van der Waals surface area (Å²) in [6, 6.07) is 22.1. The molecule has 3 aromatic rings. The highest BCUT2D eigenvalue weighted by Gasteiger charge is 2.31. The van der Waals surface area contributed by atoms with E-state index in [9.17, 15) is 19.5 Å². The number of carboxylic acid groups (broad SMARTS) is 1. The standard InChI is InChI=1S/C27H26N2O6/c1-34-16-23(26(31)32)28-25(30)24(17-9-3-2-4-10-17)29-27(33)35-15-22-20-13-7-5-11-18(20)19-12-6-8-14-21(19)22/h2-14,22-24H,15-16H2,1H3,(H,28,30)(H,29,33)(H,31,32). The van der Waals surface area contributed by atoms with Crippen LogP contribution in [0.5, 0.6) is 0 Å². The Morgan fingerprint density at radius 3 is 2.00 bits per heavy atom. The van der Waals surface area contributed by atoms with Gasteiger partial charge in [0.05, 0.1) is 6.61 Å². The SMILES string of the molecule is COCC(NC(=O)C(NC(=O)OCC1c2ccccc2-c2ccccc21)c1ccccc1)C(=O)O. The lowest BCUT2D eigenvalue weighted by Gasteiger charge is -2.22. The zero-order valence-electron chi connectivity index (χ0n) is 19.1. The van der Waals surface area contributed by atoms with Gasteiger partial charge in [-0.15, -0.1) is 0 Å². The average Bonchev–Trinajstić information content (AvgIpc) is 3.20. The lowest BCUT2D eigenvalue weighted by molar-refractivity contribution is -0.143. The van der Waals surface area contributed by atoms with Crippen molar-refractivity contribution < 1.29 is 29.0 Å². The highest BCUT2D eigenvalue weighted by molar-refractivity contribution is 5.90. The zero-order valence-corrected chi connectivity index (χ0v) is 19.1. The van der Waals surface area contributed by atoms with E-state index < -0.39 is 30.1 Å². The van der Waals surface area contributed by atoms with Crippen molar-refractivity contribution >= 4 is 18.0 Å². The van der Waals surface area contributed by atoms with Crippen LogP contribution in [0, 0.1) is 0 Å². The fourth-order valence-corrected chi connectivity index (χ4v) is 4.30. The number of rotatable bonds is 9.